The van der Waals surface area contributed by atoms with Crippen molar-refractivity contribution in [2.45, 2.75) is 20.8 Å². The molecule has 1 amide bonds. The molecule has 6 heteroatoms. The number of amides is 1. The molecule has 0 saturated heterocycles. The zero-order valence-corrected chi connectivity index (χ0v) is 14.8. The summed E-state index contributed by atoms with van der Waals surface area (Å²) in [6, 6.07) is 7.26. The first-order chi connectivity index (χ1) is 11.0. The van der Waals surface area contributed by atoms with Crippen LogP contribution in [0.2, 0.25) is 5.02 Å². The van der Waals surface area contributed by atoms with Crippen molar-refractivity contribution in [1.29, 1.82) is 0 Å². The molecular formula is C17H18ClNO3S. The molecule has 0 radical (unpaired) electrons. The van der Waals surface area contributed by atoms with E-state index in [9.17, 15) is 9.59 Å². The van der Waals surface area contributed by atoms with Crippen LogP contribution < -0.4 is 5.32 Å². The van der Waals surface area contributed by atoms with E-state index in [2.05, 4.69) is 5.32 Å². The van der Waals surface area contributed by atoms with E-state index in [-0.39, 0.29) is 18.4 Å². The Kier molecular flexibility index (Phi) is 5.80. The Morgan fingerprint density at radius 1 is 1.26 bits per heavy atom. The normalized spacial score (nSPS) is 10.7. The number of benzene rings is 1. The van der Waals surface area contributed by atoms with Gasteiger partial charge in [0.1, 0.15) is 10.6 Å². The minimum absolute atomic E-state index is 0.150. The van der Waals surface area contributed by atoms with E-state index >= 15 is 0 Å². The Bertz CT molecular complexity index is 724. The van der Waals surface area contributed by atoms with E-state index in [1.807, 2.05) is 23.6 Å². The van der Waals surface area contributed by atoms with Crippen LogP contribution in [-0.4, -0.2) is 18.5 Å². The van der Waals surface area contributed by atoms with Crippen LogP contribution in [0.5, 0.6) is 0 Å². The molecule has 2 rings (SSSR count). The fourth-order valence-corrected chi connectivity index (χ4v) is 3.18. The van der Waals surface area contributed by atoms with Gasteiger partial charge in [0.15, 0.2) is 0 Å². The summed E-state index contributed by atoms with van der Waals surface area (Å²) in [5.74, 6) is -0.804. The van der Waals surface area contributed by atoms with Crippen molar-refractivity contribution < 1.29 is 14.3 Å². The lowest BCUT2D eigenvalue weighted by Crippen LogP contribution is -2.19. The van der Waals surface area contributed by atoms with Gasteiger partial charge in [-0.05, 0) is 13.0 Å². The topological polar surface area (TPSA) is 55.4 Å². The lowest BCUT2D eigenvalue weighted by atomic mass is 10.0. The molecule has 1 aromatic heterocycles. The maximum Gasteiger partial charge on any atom is 0.341 e. The van der Waals surface area contributed by atoms with Gasteiger partial charge in [-0.25, -0.2) is 4.79 Å². The summed E-state index contributed by atoms with van der Waals surface area (Å²) in [6.07, 6.45) is 0. The van der Waals surface area contributed by atoms with Crippen molar-refractivity contribution in [3.05, 3.63) is 40.2 Å². The first kappa shape index (κ1) is 17.5. The first-order valence-corrected chi connectivity index (χ1v) is 8.55. The van der Waals surface area contributed by atoms with Gasteiger partial charge < -0.3 is 10.1 Å². The largest absolute Gasteiger partial charge is 0.462 e. The number of ether oxygens (including phenoxy) is 1. The summed E-state index contributed by atoms with van der Waals surface area (Å²) in [5, 5.41) is 5.63. The number of rotatable bonds is 5. The molecular weight excluding hydrogens is 334 g/mol. The third-order valence-corrected chi connectivity index (χ3v) is 4.42. The smallest absolute Gasteiger partial charge is 0.341 e. The standard InChI is InChI=1S/C17H18ClNO3S/c1-4-22-17(21)14-12(11-7-5-6-8-13(11)18)9-23-16(14)19-15(20)10(2)3/h5-10H,4H2,1-3H3,(H,19,20). The number of thiophene rings is 1. The maximum absolute atomic E-state index is 12.4. The number of carbonyl (C=O) groups is 2. The summed E-state index contributed by atoms with van der Waals surface area (Å²) in [4.78, 5) is 24.3. The Morgan fingerprint density at radius 3 is 2.57 bits per heavy atom. The lowest BCUT2D eigenvalue weighted by molar-refractivity contribution is -0.118. The Hall–Kier alpha value is -1.85. The van der Waals surface area contributed by atoms with Crippen LogP contribution in [0.15, 0.2) is 29.6 Å². The average Bonchev–Trinajstić information content (AvgIpc) is 2.91. The zero-order valence-electron chi connectivity index (χ0n) is 13.2. The molecule has 0 bridgehead atoms. The molecule has 23 heavy (non-hydrogen) atoms. The summed E-state index contributed by atoms with van der Waals surface area (Å²) in [6.45, 7) is 5.59. The molecule has 0 spiro atoms. The average molecular weight is 352 g/mol. The predicted octanol–water partition coefficient (Wildman–Crippen LogP) is 4.84. The monoisotopic (exact) mass is 351 g/mol. The molecule has 0 aliphatic heterocycles. The van der Waals surface area contributed by atoms with Crippen molar-refractivity contribution in [1.82, 2.24) is 0 Å². The molecule has 4 nitrogen and oxygen atoms in total. The van der Waals surface area contributed by atoms with Crippen LogP contribution in [0.1, 0.15) is 31.1 Å². The number of hydrogen-bond donors (Lipinski definition) is 1. The van der Waals surface area contributed by atoms with Crippen molar-refractivity contribution in [2.24, 2.45) is 5.92 Å². The molecule has 0 unspecified atom stereocenters. The quantitative estimate of drug-likeness (QED) is 0.784. The second-order valence-corrected chi connectivity index (χ2v) is 6.48. The molecule has 0 fully saturated rings. The summed E-state index contributed by atoms with van der Waals surface area (Å²) >= 11 is 7.53. The van der Waals surface area contributed by atoms with E-state index < -0.39 is 5.97 Å². The highest BCUT2D eigenvalue weighted by atomic mass is 35.5. The summed E-state index contributed by atoms with van der Waals surface area (Å²) in [5.41, 5.74) is 1.75. The van der Waals surface area contributed by atoms with Crippen LogP contribution in [0, 0.1) is 5.92 Å². The Labute approximate surface area is 144 Å². The minimum Gasteiger partial charge on any atom is -0.462 e. The van der Waals surface area contributed by atoms with Gasteiger partial charge in [-0.3, -0.25) is 4.79 Å². The number of hydrogen-bond acceptors (Lipinski definition) is 4. The third kappa shape index (κ3) is 3.92. The molecule has 0 saturated carbocycles. The van der Waals surface area contributed by atoms with Crippen LogP contribution in [0.4, 0.5) is 5.00 Å². The van der Waals surface area contributed by atoms with Gasteiger partial charge in [-0.1, -0.05) is 43.6 Å². The Balaban J connectivity index is 2.51. The molecule has 1 aromatic carbocycles. The number of carbonyl (C=O) groups excluding carboxylic acids is 2. The second-order valence-electron chi connectivity index (χ2n) is 5.20. The van der Waals surface area contributed by atoms with E-state index in [4.69, 9.17) is 16.3 Å². The molecule has 1 N–H and O–H groups in total. The van der Waals surface area contributed by atoms with Crippen molar-refractivity contribution in [2.75, 3.05) is 11.9 Å². The van der Waals surface area contributed by atoms with Gasteiger partial charge in [-0.15, -0.1) is 11.3 Å². The van der Waals surface area contributed by atoms with Gasteiger partial charge >= 0.3 is 5.97 Å². The SMILES string of the molecule is CCOC(=O)c1c(-c2ccccc2Cl)csc1NC(=O)C(C)C. The maximum atomic E-state index is 12.4. The molecule has 0 atom stereocenters. The number of halogens is 1. The van der Waals surface area contributed by atoms with Crippen LogP contribution in [-0.2, 0) is 9.53 Å². The summed E-state index contributed by atoms with van der Waals surface area (Å²) in [7, 11) is 0. The molecule has 0 aliphatic carbocycles. The van der Waals surface area contributed by atoms with Gasteiger partial charge in [0, 0.05) is 27.4 Å². The van der Waals surface area contributed by atoms with E-state index in [0.717, 1.165) is 5.56 Å². The zero-order chi connectivity index (χ0) is 17.0. The van der Waals surface area contributed by atoms with Gasteiger partial charge in [0.2, 0.25) is 5.91 Å². The van der Waals surface area contributed by atoms with E-state index in [0.29, 0.717) is 21.2 Å². The van der Waals surface area contributed by atoms with Gasteiger partial charge in [0.05, 0.1) is 6.61 Å². The molecule has 1 heterocycles. The summed E-state index contributed by atoms with van der Waals surface area (Å²) < 4.78 is 5.14. The number of nitrogens with one attached hydrogen (secondary N) is 1. The number of esters is 1. The predicted molar refractivity (Wildman–Crippen MR) is 94.2 cm³/mol. The van der Waals surface area contributed by atoms with Gasteiger partial charge in [0.25, 0.3) is 0 Å². The highest BCUT2D eigenvalue weighted by molar-refractivity contribution is 7.15. The first-order valence-electron chi connectivity index (χ1n) is 7.30. The van der Waals surface area contributed by atoms with Crippen molar-refractivity contribution in [3.63, 3.8) is 0 Å². The molecule has 122 valence electrons. The lowest BCUT2D eigenvalue weighted by Gasteiger charge is -2.10. The molecule has 2 aromatic rings. The van der Waals surface area contributed by atoms with Crippen LogP contribution in [0.25, 0.3) is 11.1 Å². The van der Waals surface area contributed by atoms with Crippen LogP contribution >= 0.6 is 22.9 Å². The van der Waals surface area contributed by atoms with Crippen molar-refractivity contribution in [3.8, 4) is 11.1 Å². The fraction of sp³-hybridized carbons (Fsp3) is 0.294. The van der Waals surface area contributed by atoms with E-state index in [1.165, 1.54) is 11.3 Å². The van der Waals surface area contributed by atoms with Crippen molar-refractivity contribution >= 4 is 39.8 Å². The third-order valence-electron chi connectivity index (χ3n) is 3.20. The highest BCUT2D eigenvalue weighted by Gasteiger charge is 2.24. The minimum atomic E-state index is -0.470. The second kappa shape index (κ2) is 7.62. The van der Waals surface area contributed by atoms with Gasteiger partial charge in [-0.2, -0.15) is 0 Å². The number of anilines is 1. The Morgan fingerprint density at radius 2 is 1.96 bits per heavy atom. The van der Waals surface area contributed by atoms with Crippen LogP contribution in [0.3, 0.4) is 0 Å². The molecule has 0 aliphatic rings. The van der Waals surface area contributed by atoms with E-state index in [1.54, 1.807) is 26.8 Å². The fourth-order valence-electron chi connectivity index (χ4n) is 1.99. The highest BCUT2D eigenvalue weighted by Crippen LogP contribution is 2.39.